The van der Waals surface area contributed by atoms with Crippen molar-refractivity contribution in [3.8, 4) is 6.19 Å². The zero-order chi connectivity index (χ0) is 9.68. The lowest BCUT2D eigenvalue weighted by molar-refractivity contribution is 0.0970. The van der Waals surface area contributed by atoms with Crippen LogP contribution in [0.15, 0.2) is 29.2 Å². The summed E-state index contributed by atoms with van der Waals surface area (Å²) in [6, 6.07) is 7.16. The second kappa shape index (κ2) is 4.53. The minimum absolute atomic E-state index is 0.354. The highest BCUT2D eigenvalue weighted by atomic mass is 32.2. The first kappa shape index (κ1) is 9.62. The van der Waals surface area contributed by atoms with E-state index in [0.29, 0.717) is 5.56 Å². The van der Waals surface area contributed by atoms with Gasteiger partial charge in [-0.15, -0.1) is 11.8 Å². The number of nitrogens with zero attached hydrogens (tertiary/aromatic N) is 1. The Hall–Kier alpha value is -1.47. The molecule has 1 amide bonds. The zero-order valence-electron chi connectivity index (χ0n) is 7.07. The molecule has 66 valence electrons. The number of benzene rings is 1. The molecular formula is C9H8N2OS. The Balaban J connectivity index is 3.00. The molecule has 0 aliphatic heterocycles. The third-order valence-electron chi connectivity index (χ3n) is 1.52. The maximum absolute atomic E-state index is 11.3. The van der Waals surface area contributed by atoms with Crippen molar-refractivity contribution in [2.24, 2.45) is 0 Å². The van der Waals surface area contributed by atoms with Crippen molar-refractivity contribution < 1.29 is 4.79 Å². The molecule has 0 bridgehead atoms. The fraction of sp³-hybridized carbons (Fsp3) is 0.111. The highest BCUT2D eigenvalue weighted by Gasteiger charge is 2.08. The van der Waals surface area contributed by atoms with Crippen molar-refractivity contribution in [3.05, 3.63) is 29.8 Å². The summed E-state index contributed by atoms with van der Waals surface area (Å²) in [6.07, 6.45) is 3.50. The molecule has 3 nitrogen and oxygen atoms in total. The molecule has 1 rings (SSSR count). The molecule has 4 heteroatoms. The Morgan fingerprint density at radius 1 is 1.54 bits per heavy atom. The topological polar surface area (TPSA) is 52.9 Å². The molecule has 13 heavy (non-hydrogen) atoms. The molecule has 0 aliphatic rings. The highest BCUT2D eigenvalue weighted by Crippen LogP contribution is 2.19. The SMILES string of the molecule is CSc1ccccc1C(=O)NC#N. The quantitative estimate of drug-likeness (QED) is 0.440. The van der Waals surface area contributed by atoms with Crippen LogP contribution < -0.4 is 5.32 Å². The molecule has 1 aromatic carbocycles. The molecule has 0 saturated heterocycles. The average Bonchev–Trinajstić information content (AvgIpc) is 2.18. The van der Waals surface area contributed by atoms with Crippen LogP contribution in [0.3, 0.4) is 0 Å². The van der Waals surface area contributed by atoms with Crippen molar-refractivity contribution in [2.75, 3.05) is 6.26 Å². The first-order chi connectivity index (χ1) is 6.29. The van der Waals surface area contributed by atoms with Crippen LogP contribution in [-0.2, 0) is 0 Å². The van der Waals surface area contributed by atoms with Gasteiger partial charge < -0.3 is 0 Å². The van der Waals surface area contributed by atoms with Crippen LogP contribution >= 0.6 is 11.8 Å². The molecule has 0 heterocycles. The number of hydrogen-bond acceptors (Lipinski definition) is 3. The van der Waals surface area contributed by atoms with Crippen molar-refractivity contribution in [1.82, 2.24) is 5.32 Å². The van der Waals surface area contributed by atoms with Gasteiger partial charge in [-0.3, -0.25) is 10.1 Å². The van der Waals surface area contributed by atoms with Crippen LogP contribution in [-0.4, -0.2) is 12.2 Å². The molecular weight excluding hydrogens is 184 g/mol. The summed E-state index contributed by atoms with van der Waals surface area (Å²) in [5, 5.41) is 10.4. The first-order valence-corrected chi connectivity index (χ1v) is 4.84. The maximum Gasteiger partial charge on any atom is 0.265 e. The van der Waals surface area contributed by atoms with Gasteiger partial charge in [-0.05, 0) is 18.4 Å². The Bertz CT molecular complexity index is 357. The van der Waals surface area contributed by atoms with Gasteiger partial charge in [0.25, 0.3) is 5.91 Å². The van der Waals surface area contributed by atoms with E-state index in [0.717, 1.165) is 4.90 Å². The summed E-state index contributed by atoms with van der Waals surface area (Å²) in [5.74, 6) is -0.354. The normalized spacial score (nSPS) is 8.92. The second-order valence-corrected chi connectivity index (χ2v) is 3.11. The van der Waals surface area contributed by atoms with Crippen LogP contribution in [0.25, 0.3) is 0 Å². The molecule has 0 unspecified atom stereocenters. The Morgan fingerprint density at radius 3 is 2.85 bits per heavy atom. The Labute approximate surface area is 80.8 Å². The number of rotatable bonds is 2. The molecule has 0 aliphatic carbocycles. The molecule has 0 saturated carbocycles. The van der Waals surface area contributed by atoms with Gasteiger partial charge in [0.1, 0.15) is 0 Å². The van der Waals surface area contributed by atoms with Crippen LogP contribution in [0, 0.1) is 11.5 Å². The van der Waals surface area contributed by atoms with E-state index in [9.17, 15) is 4.79 Å². The van der Waals surface area contributed by atoms with E-state index >= 15 is 0 Å². The van der Waals surface area contributed by atoms with Gasteiger partial charge in [-0.1, -0.05) is 12.1 Å². The molecule has 0 fully saturated rings. The van der Waals surface area contributed by atoms with Crippen LogP contribution in [0.1, 0.15) is 10.4 Å². The maximum atomic E-state index is 11.3. The molecule has 0 spiro atoms. The number of thioether (sulfide) groups is 1. The van der Waals surface area contributed by atoms with Gasteiger partial charge in [0.15, 0.2) is 6.19 Å². The van der Waals surface area contributed by atoms with Gasteiger partial charge in [0.2, 0.25) is 0 Å². The standard InChI is InChI=1S/C9H8N2OS/c1-13-8-5-3-2-4-7(8)9(12)11-6-10/h2-5H,1H3,(H,11,12). The third kappa shape index (κ3) is 2.23. The molecule has 0 atom stereocenters. The first-order valence-electron chi connectivity index (χ1n) is 3.62. The predicted molar refractivity (Wildman–Crippen MR) is 51.3 cm³/mol. The van der Waals surface area contributed by atoms with Gasteiger partial charge in [0, 0.05) is 4.90 Å². The van der Waals surface area contributed by atoms with Crippen molar-refractivity contribution in [3.63, 3.8) is 0 Å². The van der Waals surface area contributed by atoms with Crippen molar-refractivity contribution >= 4 is 17.7 Å². The number of hydrogen-bond donors (Lipinski definition) is 1. The average molecular weight is 192 g/mol. The molecule has 0 aromatic heterocycles. The Morgan fingerprint density at radius 2 is 2.23 bits per heavy atom. The fourth-order valence-electron chi connectivity index (χ4n) is 0.950. The number of amides is 1. The minimum Gasteiger partial charge on any atom is -0.268 e. The fourth-order valence-corrected chi connectivity index (χ4v) is 1.55. The summed E-state index contributed by atoms with van der Waals surface area (Å²) in [6.45, 7) is 0. The summed E-state index contributed by atoms with van der Waals surface area (Å²) in [7, 11) is 0. The lowest BCUT2D eigenvalue weighted by Crippen LogP contribution is -2.17. The number of carbonyl (C=O) groups is 1. The van der Waals surface area contributed by atoms with Gasteiger partial charge in [-0.25, -0.2) is 0 Å². The van der Waals surface area contributed by atoms with E-state index < -0.39 is 0 Å². The van der Waals surface area contributed by atoms with Crippen LogP contribution in [0.2, 0.25) is 0 Å². The van der Waals surface area contributed by atoms with Gasteiger partial charge >= 0.3 is 0 Å². The van der Waals surface area contributed by atoms with E-state index in [1.54, 1.807) is 18.3 Å². The minimum atomic E-state index is -0.354. The predicted octanol–water partition coefficient (Wildman–Crippen LogP) is 1.62. The highest BCUT2D eigenvalue weighted by molar-refractivity contribution is 7.98. The smallest absolute Gasteiger partial charge is 0.265 e. The van der Waals surface area contributed by atoms with E-state index in [2.05, 4.69) is 5.32 Å². The monoisotopic (exact) mass is 192 g/mol. The van der Waals surface area contributed by atoms with E-state index in [1.165, 1.54) is 11.8 Å². The van der Waals surface area contributed by atoms with Crippen LogP contribution in [0.5, 0.6) is 0 Å². The summed E-state index contributed by atoms with van der Waals surface area (Å²) in [5.41, 5.74) is 0.538. The third-order valence-corrected chi connectivity index (χ3v) is 2.32. The Kier molecular flexibility index (Phi) is 3.35. The summed E-state index contributed by atoms with van der Waals surface area (Å²) >= 11 is 1.48. The number of nitriles is 1. The molecule has 0 radical (unpaired) electrons. The number of nitrogens with one attached hydrogen (secondary N) is 1. The van der Waals surface area contributed by atoms with Gasteiger partial charge in [-0.2, -0.15) is 5.26 Å². The summed E-state index contributed by atoms with van der Waals surface area (Å²) < 4.78 is 0. The second-order valence-electron chi connectivity index (χ2n) is 2.27. The summed E-state index contributed by atoms with van der Waals surface area (Å²) in [4.78, 5) is 12.1. The van der Waals surface area contributed by atoms with E-state index in [4.69, 9.17) is 5.26 Å². The molecule has 1 N–H and O–H groups in total. The van der Waals surface area contributed by atoms with Crippen molar-refractivity contribution in [2.45, 2.75) is 4.90 Å². The van der Waals surface area contributed by atoms with Crippen molar-refractivity contribution in [1.29, 1.82) is 5.26 Å². The van der Waals surface area contributed by atoms with Crippen LogP contribution in [0.4, 0.5) is 0 Å². The molecule has 1 aromatic rings. The van der Waals surface area contributed by atoms with E-state index in [1.807, 2.05) is 18.4 Å². The van der Waals surface area contributed by atoms with Gasteiger partial charge in [0.05, 0.1) is 5.56 Å². The lowest BCUT2D eigenvalue weighted by atomic mass is 10.2. The lowest BCUT2D eigenvalue weighted by Gasteiger charge is -2.02. The zero-order valence-corrected chi connectivity index (χ0v) is 7.89. The number of carbonyl (C=O) groups excluding carboxylic acids is 1. The largest absolute Gasteiger partial charge is 0.268 e. The van der Waals surface area contributed by atoms with E-state index in [-0.39, 0.29) is 5.91 Å².